The van der Waals surface area contributed by atoms with E-state index in [9.17, 15) is 9.90 Å². The first-order chi connectivity index (χ1) is 16.1. The van der Waals surface area contributed by atoms with Crippen LogP contribution in [0.1, 0.15) is 77.8 Å². The molecule has 3 aromatic rings. The SMILES string of the molecule is CCCCCCC(C)C1(c2cc(-n3nc4ccc(Cl)cc4n3)cc(C(C)(C)C)c2)C(=O)OC1O. The van der Waals surface area contributed by atoms with Gasteiger partial charge < -0.3 is 9.84 Å². The summed E-state index contributed by atoms with van der Waals surface area (Å²) in [4.78, 5) is 14.6. The number of aliphatic hydroxyl groups is 1. The number of aliphatic hydroxyl groups excluding tert-OH is 1. The fraction of sp³-hybridized carbons (Fsp3) is 0.519. The number of unbranched alkanes of at least 4 members (excludes halogenated alkanes) is 3. The van der Waals surface area contributed by atoms with Gasteiger partial charge in [0.2, 0.25) is 6.29 Å². The topological polar surface area (TPSA) is 77.2 Å². The minimum Gasteiger partial charge on any atom is -0.433 e. The summed E-state index contributed by atoms with van der Waals surface area (Å²) >= 11 is 6.14. The summed E-state index contributed by atoms with van der Waals surface area (Å²) in [5.74, 6) is -0.447. The number of esters is 1. The van der Waals surface area contributed by atoms with Gasteiger partial charge in [0.1, 0.15) is 11.0 Å². The molecule has 6 nitrogen and oxygen atoms in total. The lowest BCUT2D eigenvalue weighted by Crippen LogP contribution is -2.63. The molecule has 0 bridgehead atoms. The van der Waals surface area contributed by atoms with Crippen LogP contribution < -0.4 is 0 Å². The van der Waals surface area contributed by atoms with Crippen LogP contribution in [-0.2, 0) is 20.4 Å². The summed E-state index contributed by atoms with van der Waals surface area (Å²) in [5, 5.41) is 20.7. The molecule has 2 heterocycles. The van der Waals surface area contributed by atoms with Gasteiger partial charge in [0, 0.05) is 5.02 Å². The number of halogens is 1. The molecule has 1 aliphatic heterocycles. The molecule has 1 saturated heterocycles. The second-order valence-corrected chi connectivity index (χ2v) is 11.0. The number of cyclic esters (lactones) is 1. The van der Waals surface area contributed by atoms with Crippen LogP contribution in [0.2, 0.25) is 5.02 Å². The Morgan fingerprint density at radius 2 is 1.85 bits per heavy atom. The Morgan fingerprint density at radius 3 is 2.50 bits per heavy atom. The monoisotopic (exact) mass is 483 g/mol. The van der Waals surface area contributed by atoms with Gasteiger partial charge in [-0.1, -0.05) is 78.0 Å². The lowest BCUT2D eigenvalue weighted by molar-refractivity contribution is -0.246. The van der Waals surface area contributed by atoms with Crippen LogP contribution >= 0.6 is 11.6 Å². The molecule has 0 radical (unpaired) electrons. The maximum atomic E-state index is 13.0. The van der Waals surface area contributed by atoms with Gasteiger partial charge in [-0.2, -0.15) is 4.80 Å². The molecule has 7 heteroatoms. The summed E-state index contributed by atoms with van der Waals surface area (Å²) in [6.07, 6.45) is 4.10. The Balaban J connectivity index is 1.82. The van der Waals surface area contributed by atoms with Crippen molar-refractivity contribution < 1.29 is 14.6 Å². The van der Waals surface area contributed by atoms with Gasteiger partial charge in [0.15, 0.2) is 5.41 Å². The number of fused-ring (bicyclic) bond motifs is 1. The Morgan fingerprint density at radius 1 is 1.12 bits per heavy atom. The highest BCUT2D eigenvalue weighted by atomic mass is 35.5. The average molecular weight is 484 g/mol. The van der Waals surface area contributed by atoms with Crippen LogP contribution in [0.4, 0.5) is 0 Å². The number of aromatic nitrogens is 3. The molecule has 34 heavy (non-hydrogen) atoms. The molecule has 4 rings (SSSR count). The molecule has 3 unspecified atom stereocenters. The molecule has 1 aromatic heterocycles. The first kappa shape index (κ1) is 24.7. The van der Waals surface area contributed by atoms with Crippen molar-refractivity contribution >= 4 is 28.6 Å². The van der Waals surface area contributed by atoms with Crippen LogP contribution in [0.15, 0.2) is 36.4 Å². The Labute approximate surface area is 206 Å². The van der Waals surface area contributed by atoms with E-state index in [4.69, 9.17) is 16.3 Å². The molecule has 2 aromatic carbocycles. The van der Waals surface area contributed by atoms with Crippen LogP contribution in [0.5, 0.6) is 0 Å². The van der Waals surface area contributed by atoms with Crippen LogP contribution in [0.25, 0.3) is 16.7 Å². The third kappa shape index (κ3) is 4.34. The Kier molecular flexibility index (Phi) is 6.76. The first-order valence-electron chi connectivity index (χ1n) is 12.2. The predicted octanol–water partition coefficient (Wildman–Crippen LogP) is 6.09. The number of carbonyl (C=O) groups excluding carboxylic acids is 1. The van der Waals surface area contributed by atoms with E-state index in [2.05, 4.69) is 37.9 Å². The maximum absolute atomic E-state index is 13.0. The standard InChI is InChI=1S/C27H34ClN3O3/c1-6-7-8-9-10-17(2)27(24(32)34-25(27)33)19-13-18(26(3,4)5)14-21(15-19)31-29-22-12-11-20(28)16-23(22)30-31/h11-17,24,32H,6-10H2,1-5H3. The molecule has 0 saturated carbocycles. The van der Waals surface area contributed by atoms with Crippen molar-refractivity contribution in [3.05, 3.63) is 52.5 Å². The van der Waals surface area contributed by atoms with Crippen molar-refractivity contribution in [2.75, 3.05) is 0 Å². The maximum Gasteiger partial charge on any atom is 0.325 e. The number of nitrogens with zero attached hydrogens (tertiary/aromatic N) is 3. The molecule has 0 aliphatic carbocycles. The van der Waals surface area contributed by atoms with Crippen molar-refractivity contribution in [3.63, 3.8) is 0 Å². The predicted molar refractivity (Wildman–Crippen MR) is 134 cm³/mol. The van der Waals surface area contributed by atoms with Gasteiger partial charge in [-0.25, -0.2) is 0 Å². The zero-order valence-corrected chi connectivity index (χ0v) is 21.4. The lowest BCUT2D eigenvalue weighted by atomic mass is 9.65. The van der Waals surface area contributed by atoms with E-state index in [0.717, 1.165) is 48.0 Å². The van der Waals surface area contributed by atoms with Crippen LogP contribution in [0, 0.1) is 5.92 Å². The van der Waals surface area contributed by atoms with Crippen molar-refractivity contribution in [1.29, 1.82) is 0 Å². The van der Waals surface area contributed by atoms with Crippen molar-refractivity contribution in [3.8, 4) is 5.69 Å². The van der Waals surface area contributed by atoms with Crippen molar-refractivity contribution in [1.82, 2.24) is 15.0 Å². The van der Waals surface area contributed by atoms with Crippen LogP contribution in [-0.4, -0.2) is 32.4 Å². The number of carbonyl (C=O) groups is 1. The quantitative estimate of drug-likeness (QED) is 0.310. The number of benzene rings is 2. The second kappa shape index (κ2) is 9.31. The minimum absolute atomic E-state index is 0.0767. The Hall–Kier alpha value is -2.44. The molecule has 1 N–H and O–H groups in total. The molecular formula is C27H34ClN3O3. The van der Waals surface area contributed by atoms with E-state index in [-0.39, 0.29) is 17.3 Å². The highest BCUT2D eigenvalue weighted by molar-refractivity contribution is 6.31. The third-order valence-corrected chi connectivity index (χ3v) is 7.28. The van der Waals surface area contributed by atoms with E-state index < -0.39 is 11.7 Å². The number of hydrogen-bond donors (Lipinski definition) is 1. The molecule has 182 valence electrons. The second-order valence-electron chi connectivity index (χ2n) is 10.5. The average Bonchev–Trinajstić information content (AvgIpc) is 3.19. The molecule has 0 amide bonds. The summed E-state index contributed by atoms with van der Waals surface area (Å²) in [6.45, 7) is 10.6. The first-order valence-corrected chi connectivity index (χ1v) is 12.5. The fourth-order valence-corrected chi connectivity index (χ4v) is 5.00. The summed E-state index contributed by atoms with van der Waals surface area (Å²) in [5.41, 5.74) is 2.65. The Bertz CT molecular complexity index is 1200. The van der Waals surface area contributed by atoms with E-state index in [0.29, 0.717) is 10.5 Å². The van der Waals surface area contributed by atoms with Crippen molar-refractivity contribution in [2.45, 2.75) is 83.8 Å². The molecule has 3 atom stereocenters. The largest absolute Gasteiger partial charge is 0.433 e. The van der Waals surface area contributed by atoms with E-state index in [1.165, 1.54) is 6.42 Å². The number of rotatable bonds is 8. The summed E-state index contributed by atoms with van der Waals surface area (Å²) in [7, 11) is 0. The zero-order valence-electron chi connectivity index (χ0n) is 20.6. The molecule has 0 spiro atoms. The molecular weight excluding hydrogens is 450 g/mol. The van der Waals surface area contributed by atoms with Gasteiger partial charge in [-0.05, 0) is 59.2 Å². The number of hydrogen-bond acceptors (Lipinski definition) is 5. The van der Waals surface area contributed by atoms with E-state index in [1.54, 1.807) is 16.9 Å². The van der Waals surface area contributed by atoms with E-state index in [1.807, 2.05) is 31.2 Å². The summed E-state index contributed by atoms with van der Waals surface area (Å²) in [6, 6.07) is 11.4. The van der Waals surface area contributed by atoms with Gasteiger partial charge in [-0.15, -0.1) is 10.2 Å². The van der Waals surface area contributed by atoms with E-state index >= 15 is 0 Å². The zero-order chi connectivity index (χ0) is 24.7. The lowest BCUT2D eigenvalue weighted by Gasteiger charge is -2.48. The minimum atomic E-state index is -1.17. The smallest absolute Gasteiger partial charge is 0.325 e. The van der Waals surface area contributed by atoms with Crippen molar-refractivity contribution in [2.24, 2.45) is 5.92 Å². The highest BCUT2D eigenvalue weighted by Crippen LogP contribution is 2.48. The van der Waals surface area contributed by atoms with Gasteiger partial charge in [0.05, 0.1) is 5.69 Å². The third-order valence-electron chi connectivity index (χ3n) is 7.05. The number of ether oxygens (including phenoxy) is 1. The molecule has 1 aliphatic rings. The normalized spacial score (nSPS) is 21.4. The molecule has 1 fully saturated rings. The van der Waals surface area contributed by atoms with Gasteiger partial charge >= 0.3 is 5.97 Å². The highest BCUT2D eigenvalue weighted by Gasteiger charge is 2.62. The van der Waals surface area contributed by atoms with Crippen LogP contribution in [0.3, 0.4) is 0 Å². The van der Waals surface area contributed by atoms with Gasteiger partial charge in [0.25, 0.3) is 0 Å². The van der Waals surface area contributed by atoms with Gasteiger partial charge in [-0.3, -0.25) is 4.79 Å². The summed E-state index contributed by atoms with van der Waals surface area (Å²) < 4.78 is 5.15. The fourth-order valence-electron chi connectivity index (χ4n) is 4.83.